The normalized spacial score (nSPS) is 16.3. The summed E-state index contributed by atoms with van der Waals surface area (Å²) < 4.78 is 0. The maximum Gasteiger partial charge on any atom is 0.255 e. The predicted octanol–water partition coefficient (Wildman–Crippen LogP) is 7.99. The number of nitrogens with zero attached hydrogens (tertiary/aromatic N) is 2. The molecule has 4 aromatic rings. The summed E-state index contributed by atoms with van der Waals surface area (Å²) in [6.45, 7) is 6.79. The number of carbonyl (C=O) groups is 2. The van der Waals surface area contributed by atoms with Crippen molar-refractivity contribution in [1.29, 1.82) is 0 Å². The molecule has 43 heavy (non-hydrogen) atoms. The second kappa shape index (κ2) is 12.3. The number of benzene rings is 4. The molecule has 0 bridgehead atoms. The molecule has 2 N–H and O–H groups in total. The van der Waals surface area contributed by atoms with E-state index in [1.807, 2.05) is 99.6 Å². The van der Waals surface area contributed by atoms with Crippen LogP contribution in [0.5, 0.6) is 0 Å². The zero-order valence-electron chi connectivity index (χ0n) is 24.6. The number of hydrogen-bond acceptors (Lipinski definition) is 5. The first-order valence-corrected chi connectivity index (χ1v) is 15.5. The topological polar surface area (TPSA) is 73.8 Å². The summed E-state index contributed by atoms with van der Waals surface area (Å²) >= 11 is 1.73. The number of hydrogen-bond donors (Lipinski definition) is 2. The maximum absolute atomic E-state index is 13.8. The van der Waals surface area contributed by atoms with Crippen LogP contribution in [0.25, 0.3) is 11.1 Å². The van der Waals surface area contributed by atoms with Crippen LogP contribution in [-0.4, -0.2) is 34.2 Å². The SMILES string of the molecule is CC1=C(C(=O)Nc2ccc(C)cc2C)C(c2ccc(NC(=O)c3ccc(-c4ccccc4)cc3)cc2)N2CCCSC2=N1. The van der Waals surface area contributed by atoms with Crippen molar-refractivity contribution in [3.63, 3.8) is 0 Å². The molecule has 0 radical (unpaired) electrons. The molecule has 2 aliphatic heterocycles. The van der Waals surface area contributed by atoms with Crippen LogP contribution >= 0.6 is 11.8 Å². The fraction of sp³-hybridized carbons (Fsp3) is 0.194. The fourth-order valence-electron chi connectivity index (χ4n) is 5.65. The number of fused-ring (bicyclic) bond motifs is 1. The first-order chi connectivity index (χ1) is 20.9. The van der Waals surface area contributed by atoms with E-state index in [1.165, 1.54) is 0 Å². The highest BCUT2D eigenvalue weighted by atomic mass is 32.2. The highest BCUT2D eigenvalue weighted by Gasteiger charge is 2.37. The molecule has 0 aromatic heterocycles. The van der Waals surface area contributed by atoms with Crippen LogP contribution < -0.4 is 10.6 Å². The van der Waals surface area contributed by atoms with Gasteiger partial charge in [0.25, 0.3) is 11.8 Å². The molecule has 6 nitrogen and oxygen atoms in total. The van der Waals surface area contributed by atoms with Gasteiger partial charge in [0.2, 0.25) is 0 Å². The maximum atomic E-state index is 13.8. The second-order valence-electron chi connectivity index (χ2n) is 11.0. The van der Waals surface area contributed by atoms with Gasteiger partial charge in [-0.2, -0.15) is 0 Å². The van der Waals surface area contributed by atoms with Gasteiger partial charge in [-0.3, -0.25) is 9.59 Å². The number of aryl methyl sites for hydroxylation is 2. The molecule has 4 aromatic carbocycles. The summed E-state index contributed by atoms with van der Waals surface area (Å²) in [6, 6.07) is 31.3. The Morgan fingerprint density at radius 3 is 2.26 bits per heavy atom. The lowest BCUT2D eigenvalue weighted by Gasteiger charge is -2.41. The molecule has 0 saturated carbocycles. The average molecular weight is 587 g/mol. The Morgan fingerprint density at radius 1 is 0.814 bits per heavy atom. The second-order valence-corrected chi connectivity index (χ2v) is 12.0. The molecule has 2 aliphatic rings. The van der Waals surface area contributed by atoms with Crippen molar-refractivity contribution in [2.45, 2.75) is 33.2 Å². The van der Waals surface area contributed by atoms with Crippen molar-refractivity contribution in [3.05, 3.63) is 131 Å². The van der Waals surface area contributed by atoms with Gasteiger partial charge in [0.1, 0.15) is 0 Å². The Morgan fingerprint density at radius 2 is 1.53 bits per heavy atom. The molecule has 1 unspecified atom stereocenters. The van der Waals surface area contributed by atoms with Crippen LogP contribution in [0.1, 0.15) is 46.4 Å². The zero-order valence-corrected chi connectivity index (χ0v) is 25.4. The van der Waals surface area contributed by atoms with E-state index in [4.69, 9.17) is 4.99 Å². The van der Waals surface area contributed by atoms with Gasteiger partial charge in [-0.05, 0) is 79.8 Å². The minimum absolute atomic E-state index is 0.149. The standard InChI is InChI=1S/C36H34N4O2S/c1-23-10-19-31(24(2)22-23)39-35(42)32-25(3)37-36-40(20-7-21-43-36)33(32)28-15-17-30(18-16-28)38-34(41)29-13-11-27(12-14-29)26-8-5-4-6-9-26/h4-6,8-19,22,33H,7,20-21H2,1-3H3,(H,38,41)(H,39,42). The largest absolute Gasteiger partial charge is 0.340 e. The number of anilines is 2. The molecule has 2 heterocycles. The van der Waals surface area contributed by atoms with E-state index in [2.05, 4.69) is 33.7 Å². The fourth-order valence-corrected chi connectivity index (χ4v) is 6.67. The highest BCUT2D eigenvalue weighted by Crippen LogP contribution is 2.40. The third kappa shape index (κ3) is 6.13. The summed E-state index contributed by atoms with van der Waals surface area (Å²) in [5, 5.41) is 7.12. The average Bonchev–Trinajstić information content (AvgIpc) is 3.02. The first-order valence-electron chi connectivity index (χ1n) is 14.5. The van der Waals surface area contributed by atoms with Crippen molar-refractivity contribution >= 4 is 40.1 Å². The first kappa shape index (κ1) is 28.5. The van der Waals surface area contributed by atoms with Gasteiger partial charge < -0.3 is 15.5 Å². The lowest BCUT2D eigenvalue weighted by molar-refractivity contribution is -0.113. The monoisotopic (exact) mass is 586 g/mol. The smallest absolute Gasteiger partial charge is 0.255 e. The van der Waals surface area contributed by atoms with Crippen molar-refractivity contribution in [2.24, 2.45) is 4.99 Å². The van der Waals surface area contributed by atoms with E-state index in [0.29, 0.717) is 16.8 Å². The number of amidine groups is 1. The molecule has 2 amide bonds. The Labute approximate surface area is 256 Å². The van der Waals surface area contributed by atoms with Crippen molar-refractivity contribution in [1.82, 2.24) is 4.90 Å². The Kier molecular flexibility index (Phi) is 8.16. The molecular weight excluding hydrogens is 552 g/mol. The molecule has 1 fully saturated rings. The minimum atomic E-state index is -0.277. The van der Waals surface area contributed by atoms with Gasteiger partial charge in [0.15, 0.2) is 5.17 Å². The van der Waals surface area contributed by atoms with Crippen molar-refractivity contribution in [3.8, 4) is 11.1 Å². The van der Waals surface area contributed by atoms with Crippen LogP contribution in [0.15, 0.2) is 113 Å². The zero-order chi connectivity index (χ0) is 29.9. The Bertz CT molecular complexity index is 1730. The van der Waals surface area contributed by atoms with E-state index in [0.717, 1.165) is 63.1 Å². The number of rotatable bonds is 6. The van der Waals surface area contributed by atoms with Gasteiger partial charge in [-0.15, -0.1) is 0 Å². The van der Waals surface area contributed by atoms with Crippen LogP contribution in [0.4, 0.5) is 11.4 Å². The molecule has 7 heteroatoms. The van der Waals surface area contributed by atoms with Crippen LogP contribution in [-0.2, 0) is 4.79 Å². The van der Waals surface area contributed by atoms with E-state index >= 15 is 0 Å². The van der Waals surface area contributed by atoms with Gasteiger partial charge in [-0.25, -0.2) is 4.99 Å². The molecule has 6 rings (SSSR count). The number of amides is 2. The number of carbonyl (C=O) groups excluding carboxylic acids is 2. The predicted molar refractivity (Wildman–Crippen MR) is 177 cm³/mol. The Balaban J connectivity index is 1.23. The molecule has 216 valence electrons. The lowest BCUT2D eigenvalue weighted by Crippen LogP contribution is -2.43. The summed E-state index contributed by atoms with van der Waals surface area (Å²) in [6.07, 6.45) is 1.02. The number of thioether (sulfide) groups is 1. The van der Waals surface area contributed by atoms with E-state index < -0.39 is 0 Å². The van der Waals surface area contributed by atoms with Gasteiger partial charge in [-0.1, -0.05) is 84.1 Å². The van der Waals surface area contributed by atoms with E-state index in [9.17, 15) is 9.59 Å². The third-order valence-electron chi connectivity index (χ3n) is 7.87. The summed E-state index contributed by atoms with van der Waals surface area (Å²) in [5.41, 5.74) is 8.77. The number of nitrogens with one attached hydrogen (secondary N) is 2. The molecule has 1 saturated heterocycles. The van der Waals surface area contributed by atoms with Crippen LogP contribution in [0.2, 0.25) is 0 Å². The van der Waals surface area contributed by atoms with Crippen LogP contribution in [0.3, 0.4) is 0 Å². The van der Waals surface area contributed by atoms with E-state index in [-0.39, 0.29) is 17.9 Å². The van der Waals surface area contributed by atoms with Crippen molar-refractivity contribution < 1.29 is 9.59 Å². The van der Waals surface area contributed by atoms with Gasteiger partial charge >= 0.3 is 0 Å². The quantitative estimate of drug-likeness (QED) is 0.240. The van der Waals surface area contributed by atoms with Gasteiger partial charge in [0, 0.05) is 29.2 Å². The minimum Gasteiger partial charge on any atom is -0.340 e. The summed E-state index contributed by atoms with van der Waals surface area (Å²) in [7, 11) is 0. The third-order valence-corrected chi connectivity index (χ3v) is 8.95. The molecule has 0 aliphatic carbocycles. The molecule has 1 atom stereocenters. The van der Waals surface area contributed by atoms with Gasteiger partial charge in [0.05, 0.1) is 17.3 Å². The lowest BCUT2D eigenvalue weighted by atomic mass is 9.93. The highest BCUT2D eigenvalue weighted by molar-refractivity contribution is 8.13. The summed E-state index contributed by atoms with van der Waals surface area (Å²) in [5.74, 6) is 0.691. The van der Waals surface area contributed by atoms with Crippen molar-refractivity contribution in [2.75, 3.05) is 22.9 Å². The summed E-state index contributed by atoms with van der Waals surface area (Å²) in [4.78, 5) is 34.0. The van der Waals surface area contributed by atoms with E-state index in [1.54, 1.807) is 11.8 Å². The molecular formula is C36H34N4O2S. The van der Waals surface area contributed by atoms with Crippen LogP contribution in [0, 0.1) is 13.8 Å². The Hall–Kier alpha value is -4.62. The molecule has 0 spiro atoms. The number of aliphatic imine (C=N–C) groups is 1. The number of allylic oxidation sites excluding steroid dienone is 1.